The zero-order valence-electron chi connectivity index (χ0n) is 9.14. The number of urea groups is 1. The van der Waals surface area contributed by atoms with Crippen LogP contribution in [0.15, 0.2) is 12.7 Å². The highest BCUT2D eigenvalue weighted by Crippen LogP contribution is 1.90. The molecule has 0 rings (SSSR count). The van der Waals surface area contributed by atoms with Crippen LogP contribution in [0.25, 0.3) is 0 Å². The lowest BCUT2D eigenvalue weighted by Gasteiger charge is -2.20. The first-order valence-electron chi connectivity index (χ1n) is 4.60. The van der Waals surface area contributed by atoms with E-state index in [-0.39, 0.29) is 0 Å². The number of ether oxygens (including phenoxy) is 1. The Bertz CT molecular complexity index is 244. The van der Waals surface area contributed by atoms with E-state index in [1.54, 1.807) is 6.08 Å². The van der Waals surface area contributed by atoms with E-state index < -0.39 is 18.6 Å². The molecule has 0 aliphatic heterocycles. The Morgan fingerprint density at radius 1 is 1.56 bits per heavy atom. The number of carboxylic acids is 1. The second kappa shape index (κ2) is 8.69. The molecule has 7 heteroatoms. The molecule has 16 heavy (non-hydrogen) atoms. The molecular formula is C9H16N2O5. The molecule has 0 saturated heterocycles. The van der Waals surface area contributed by atoms with E-state index in [4.69, 9.17) is 9.84 Å². The molecular weight excluding hydrogens is 216 g/mol. The van der Waals surface area contributed by atoms with Crippen LogP contribution in [0.2, 0.25) is 0 Å². The predicted molar refractivity (Wildman–Crippen MR) is 55.8 cm³/mol. The second-order valence-corrected chi connectivity index (χ2v) is 2.82. The van der Waals surface area contributed by atoms with Crippen LogP contribution in [-0.2, 0) is 14.4 Å². The normalized spacial score (nSPS) is 9.56. The molecule has 0 unspecified atom stereocenters. The van der Waals surface area contributed by atoms with E-state index in [9.17, 15) is 9.59 Å². The van der Waals surface area contributed by atoms with Crippen LogP contribution in [0.5, 0.6) is 0 Å². The van der Waals surface area contributed by atoms with Gasteiger partial charge < -0.3 is 14.7 Å². The van der Waals surface area contributed by atoms with Crippen LogP contribution in [-0.4, -0.2) is 55.4 Å². The number of hydrogen-bond donors (Lipinski definition) is 2. The molecule has 0 aromatic carbocycles. The number of carbonyl (C=O) groups is 2. The van der Waals surface area contributed by atoms with Gasteiger partial charge in [0.25, 0.3) is 0 Å². The van der Waals surface area contributed by atoms with Gasteiger partial charge in [-0.15, -0.1) is 6.58 Å². The Balaban J connectivity index is 3.95. The van der Waals surface area contributed by atoms with Gasteiger partial charge in [0.1, 0.15) is 0 Å². The summed E-state index contributed by atoms with van der Waals surface area (Å²) in [5.74, 6) is -1.16. The molecule has 0 bridgehead atoms. The van der Waals surface area contributed by atoms with Gasteiger partial charge in [-0.3, -0.25) is 4.84 Å². The Kier molecular flexibility index (Phi) is 7.82. The molecule has 0 aromatic rings. The van der Waals surface area contributed by atoms with Gasteiger partial charge in [0.05, 0.1) is 6.61 Å². The van der Waals surface area contributed by atoms with E-state index in [0.717, 1.165) is 0 Å². The first-order chi connectivity index (χ1) is 7.61. The van der Waals surface area contributed by atoms with Crippen LogP contribution in [0.1, 0.15) is 0 Å². The van der Waals surface area contributed by atoms with Gasteiger partial charge in [-0.2, -0.15) is 0 Å². The smallest absolute Gasteiger partial charge is 0.341 e. The van der Waals surface area contributed by atoms with E-state index >= 15 is 0 Å². The van der Waals surface area contributed by atoms with Crippen molar-refractivity contribution in [1.82, 2.24) is 10.4 Å². The maximum Gasteiger partial charge on any atom is 0.341 e. The van der Waals surface area contributed by atoms with Gasteiger partial charge in [-0.1, -0.05) is 6.08 Å². The van der Waals surface area contributed by atoms with E-state index in [1.807, 2.05) is 5.48 Å². The maximum atomic E-state index is 11.4. The Labute approximate surface area is 93.6 Å². The lowest BCUT2D eigenvalue weighted by molar-refractivity contribution is -0.144. The van der Waals surface area contributed by atoms with E-state index in [1.165, 1.54) is 12.0 Å². The van der Waals surface area contributed by atoms with Gasteiger partial charge in [0, 0.05) is 20.2 Å². The number of hydroxylamine groups is 1. The summed E-state index contributed by atoms with van der Waals surface area (Å²) in [5, 5.41) is 8.28. The highest BCUT2D eigenvalue weighted by molar-refractivity contribution is 5.73. The molecule has 0 saturated carbocycles. The van der Waals surface area contributed by atoms with Gasteiger partial charge in [0.15, 0.2) is 6.61 Å². The van der Waals surface area contributed by atoms with E-state index in [2.05, 4.69) is 11.4 Å². The number of aliphatic carboxylic acids is 1. The summed E-state index contributed by atoms with van der Waals surface area (Å²) in [6.45, 7) is 3.98. The first-order valence-corrected chi connectivity index (χ1v) is 4.60. The highest BCUT2D eigenvalue weighted by Gasteiger charge is 2.11. The minimum atomic E-state index is -1.16. The summed E-state index contributed by atoms with van der Waals surface area (Å²) in [6.07, 6.45) is 1.55. The Hall–Kier alpha value is -1.60. The third-order valence-electron chi connectivity index (χ3n) is 1.56. The molecule has 0 heterocycles. The fourth-order valence-corrected chi connectivity index (χ4v) is 0.857. The van der Waals surface area contributed by atoms with Crippen LogP contribution in [0.4, 0.5) is 4.79 Å². The fourth-order valence-electron chi connectivity index (χ4n) is 0.857. The van der Waals surface area contributed by atoms with Crippen LogP contribution < -0.4 is 5.48 Å². The minimum absolute atomic E-state index is 0.325. The quantitative estimate of drug-likeness (QED) is 0.448. The summed E-state index contributed by atoms with van der Waals surface area (Å²) in [5.41, 5.74) is 2.01. The lowest BCUT2D eigenvalue weighted by atomic mass is 10.5. The third kappa shape index (κ3) is 6.80. The van der Waals surface area contributed by atoms with Crippen molar-refractivity contribution in [2.75, 3.05) is 33.4 Å². The number of methoxy groups -OCH3 is 1. The highest BCUT2D eigenvalue weighted by atomic mass is 16.7. The summed E-state index contributed by atoms with van der Waals surface area (Å²) in [4.78, 5) is 27.4. The van der Waals surface area contributed by atoms with Crippen molar-refractivity contribution in [1.29, 1.82) is 0 Å². The number of nitrogens with zero attached hydrogens (tertiary/aromatic N) is 1. The molecule has 2 amide bonds. The SMILES string of the molecule is C=CCN(CCOC)C(=O)NOCC(=O)O. The number of hydrogen-bond acceptors (Lipinski definition) is 4. The molecule has 0 spiro atoms. The zero-order chi connectivity index (χ0) is 12.4. The Morgan fingerprint density at radius 2 is 2.25 bits per heavy atom. The topological polar surface area (TPSA) is 88.1 Å². The number of carbonyl (C=O) groups excluding carboxylic acids is 1. The standard InChI is InChI=1S/C9H16N2O5/c1-3-4-11(5-6-15-2)9(14)10-16-7-8(12)13/h3H,1,4-7H2,2H3,(H,10,14)(H,12,13). The van der Waals surface area contributed by atoms with Gasteiger partial charge in [0.2, 0.25) is 0 Å². The van der Waals surface area contributed by atoms with Crippen molar-refractivity contribution in [3.05, 3.63) is 12.7 Å². The predicted octanol–water partition coefficient (Wildman–Crippen LogP) is -0.153. The third-order valence-corrected chi connectivity index (χ3v) is 1.56. The van der Waals surface area contributed by atoms with E-state index in [0.29, 0.717) is 19.7 Å². The number of rotatable bonds is 8. The molecule has 0 aliphatic rings. The monoisotopic (exact) mass is 232 g/mol. The number of nitrogens with one attached hydrogen (secondary N) is 1. The van der Waals surface area contributed by atoms with Crippen molar-refractivity contribution in [2.45, 2.75) is 0 Å². The van der Waals surface area contributed by atoms with Gasteiger partial charge >= 0.3 is 12.0 Å². The zero-order valence-corrected chi connectivity index (χ0v) is 9.14. The van der Waals surface area contributed by atoms with Crippen molar-refractivity contribution < 1.29 is 24.3 Å². The summed E-state index contributed by atoms with van der Waals surface area (Å²) < 4.78 is 4.82. The minimum Gasteiger partial charge on any atom is -0.479 e. The van der Waals surface area contributed by atoms with Crippen molar-refractivity contribution in [3.63, 3.8) is 0 Å². The fraction of sp³-hybridized carbons (Fsp3) is 0.556. The molecule has 2 N–H and O–H groups in total. The molecule has 0 aliphatic carbocycles. The number of amides is 2. The summed E-state index contributed by atoms with van der Waals surface area (Å²) in [7, 11) is 1.52. The van der Waals surface area contributed by atoms with Crippen LogP contribution in [0, 0.1) is 0 Å². The molecule has 0 atom stereocenters. The van der Waals surface area contributed by atoms with Crippen molar-refractivity contribution in [3.8, 4) is 0 Å². The molecule has 92 valence electrons. The van der Waals surface area contributed by atoms with Gasteiger partial charge in [-0.25, -0.2) is 15.1 Å². The molecule has 0 fully saturated rings. The lowest BCUT2D eigenvalue weighted by Crippen LogP contribution is -2.42. The number of carboxylic acid groups (broad SMARTS) is 1. The van der Waals surface area contributed by atoms with Crippen LogP contribution >= 0.6 is 0 Å². The molecule has 0 aromatic heterocycles. The largest absolute Gasteiger partial charge is 0.479 e. The van der Waals surface area contributed by atoms with Crippen molar-refractivity contribution >= 4 is 12.0 Å². The summed E-state index contributed by atoms with van der Waals surface area (Å²) in [6, 6.07) is -0.529. The average molecular weight is 232 g/mol. The summed E-state index contributed by atoms with van der Waals surface area (Å²) >= 11 is 0. The van der Waals surface area contributed by atoms with Crippen molar-refractivity contribution in [2.24, 2.45) is 0 Å². The Morgan fingerprint density at radius 3 is 2.75 bits per heavy atom. The average Bonchev–Trinajstić information content (AvgIpc) is 2.23. The van der Waals surface area contributed by atoms with Gasteiger partial charge in [-0.05, 0) is 0 Å². The maximum absolute atomic E-state index is 11.4. The first kappa shape index (κ1) is 14.4. The second-order valence-electron chi connectivity index (χ2n) is 2.82. The van der Waals surface area contributed by atoms with Crippen LogP contribution in [0.3, 0.4) is 0 Å². The molecule has 7 nitrogen and oxygen atoms in total. The molecule has 0 radical (unpaired) electrons.